The number of aromatic nitrogens is 1. The molecule has 1 heterocycles. The molecular formula is C20H15BrN2O4. The van der Waals surface area contributed by atoms with Gasteiger partial charge in [-0.25, -0.2) is 0 Å². The molecular weight excluding hydrogens is 412 g/mol. The summed E-state index contributed by atoms with van der Waals surface area (Å²) in [5, 5.41) is 11.1. The number of carbonyl (C=O) groups is 2. The summed E-state index contributed by atoms with van der Waals surface area (Å²) in [6.07, 6.45) is 0. The van der Waals surface area contributed by atoms with E-state index >= 15 is 0 Å². The number of halogens is 1. The van der Waals surface area contributed by atoms with Gasteiger partial charge in [-0.3, -0.25) is 19.7 Å². The van der Waals surface area contributed by atoms with Crippen molar-refractivity contribution in [1.29, 1.82) is 0 Å². The minimum atomic E-state index is -0.499. The van der Waals surface area contributed by atoms with Crippen LogP contribution in [0.5, 0.6) is 0 Å². The second kappa shape index (κ2) is 7.28. The molecule has 0 saturated heterocycles. The van der Waals surface area contributed by atoms with Gasteiger partial charge in [-0.2, -0.15) is 0 Å². The Balaban J connectivity index is 2.24. The molecule has 0 atom stereocenters. The van der Waals surface area contributed by atoms with E-state index in [-0.39, 0.29) is 22.8 Å². The molecule has 0 unspecified atom stereocenters. The van der Waals surface area contributed by atoms with Gasteiger partial charge in [0.2, 0.25) is 0 Å². The Hall–Kier alpha value is -3.06. The van der Waals surface area contributed by atoms with Crippen molar-refractivity contribution in [1.82, 2.24) is 4.98 Å². The molecule has 27 heavy (non-hydrogen) atoms. The van der Waals surface area contributed by atoms with Crippen LogP contribution in [0.1, 0.15) is 38.9 Å². The summed E-state index contributed by atoms with van der Waals surface area (Å²) < 4.78 is 0.829. The van der Waals surface area contributed by atoms with Gasteiger partial charge in [-0.15, -0.1) is 0 Å². The van der Waals surface area contributed by atoms with Gasteiger partial charge in [-0.05, 0) is 38.1 Å². The topological polar surface area (TPSA) is 93.1 Å². The molecule has 1 aromatic heterocycles. The third-order valence-corrected chi connectivity index (χ3v) is 4.75. The number of hydrogen-bond acceptors (Lipinski definition) is 4. The van der Waals surface area contributed by atoms with Gasteiger partial charge < -0.3 is 4.98 Å². The molecule has 3 aromatic rings. The SMILES string of the molecule is CC(=O)c1c(C)[nH]c(-c2cccc([N+](=O)[O-])c2)c1C(=O)c1ccc(Br)cc1. The molecule has 0 fully saturated rings. The first-order valence-electron chi connectivity index (χ1n) is 8.08. The second-order valence-electron chi connectivity index (χ2n) is 6.07. The van der Waals surface area contributed by atoms with Crippen molar-refractivity contribution in [2.45, 2.75) is 13.8 Å². The number of hydrogen-bond donors (Lipinski definition) is 1. The van der Waals surface area contributed by atoms with Gasteiger partial charge in [0.1, 0.15) is 0 Å². The summed E-state index contributed by atoms with van der Waals surface area (Å²) in [5.41, 5.74) is 2.27. The number of carbonyl (C=O) groups excluding carboxylic acids is 2. The molecule has 136 valence electrons. The number of H-pyrrole nitrogens is 1. The van der Waals surface area contributed by atoms with Gasteiger partial charge in [0.15, 0.2) is 11.6 Å². The maximum atomic E-state index is 13.2. The fourth-order valence-electron chi connectivity index (χ4n) is 3.03. The van der Waals surface area contributed by atoms with E-state index in [4.69, 9.17) is 0 Å². The zero-order chi connectivity index (χ0) is 19.7. The molecule has 0 bridgehead atoms. The first-order chi connectivity index (χ1) is 12.8. The summed E-state index contributed by atoms with van der Waals surface area (Å²) in [4.78, 5) is 39.1. The predicted molar refractivity (Wildman–Crippen MR) is 105 cm³/mol. The predicted octanol–water partition coefficient (Wildman–Crippen LogP) is 5.09. The number of non-ortho nitro benzene ring substituents is 1. The van der Waals surface area contributed by atoms with Crippen molar-refractivity contribution in [2.24, 2.45) is 0 Å². The lowest BCUT2D eigenvalue weighted by atomic mass is 9.94. The van der Waals surface area contributed by atoms with Crippen LogP contribution in [0.4, 0.5) is 5.69 Å². The number of aromatic amines is 1. The summed E-state index contributed by atoms with van der Waals surface area (Å²) in [6.45, 7) is 3.10. The molecule has 6 nitrogen and oxygen atoms in total. The maximum absolute atomic E-state index is 13.2. The van der Waals surface area contributed by atoms with Gasteiger partial charge in [0, 0.05) is 39.0 Å². The van der Waals surface area contributed by atoms with E-state index in [1.807, 2.05) is 0 Å². The van der Waals surface area contributed by atoms with Crippen molar-refractivity contribution >= 4 is 33.2 Å². The molecule has 0 aliphatic rings. The van der Waals surface area contributed by atoms with Gasteiger partial charge >= 0.3 is 0 Å². The molecule has 3 rings (SSSR count). The van der Waals surface area contributed by atoms with Crippen molar-refractivity contribution in [3.8, 4) is 11.3 Å². The molecule has 2 aromatic carbocycles. The highest BCUT2D eigenvalue weighted by Crippen LogP contribution is 2.32. The highest BCUT2D eigenvalue weighted by Gasteiger charge is 2.26. The van der Waals surface area contributed by atoms with E-state index in [2.05, 4.69) is 20.9 Å². The second-order valence-corrected chi connectivity index (χ2v) is 6.99. The number of Topliss-reactive ketones (excluding diaryl/α,β-unsaturated/α-hetero) is 1. The van der Waals surface area contributed by atoms with Gasteiger partial charge in [0.25, 0.3) is 5.69 Å². The minimum Gasteiger partial charge on any atom is -0.357 e. The summed E-state index contributed by atoms with van der Waals surface area (Å²) in [7, 11) is 0. The quantitative estimate of drug-likeness (QED) is 0.349. The van der Waals surface area contributed by atoms with Crippen molar-refractivity contribution in [2.75, 3.05) is 0 Å². The highest BCUT2D eigenvalue weighted by molar-refractivity contribution is 9.10. The average Bonchev–Trinajstić information content (AvgIpc) is 2.99. The molecule has 1 N–H and O–H groups in total. The summed E-state index contributed by atoms with van der Waals surface area (Å²) in [5.74, 6) is -0.570. The Morgan fingerprint density at radius 3 is 2.33 bits per heavy atom. The van der Waals surface area contributed by atoms with Crippen molar-refractivity contribution in [3.63, 3.8) is 0 Å². The Kier molecular flexibility index (Phi) is 5.05. The average molecular weight is 427 g/mol. The van der Waals surface area contributed by atoms with Crippen LogP contribution in [-0.4, -0.2) is 21.5 Å². The number of nitrogens with one attached hydrogen (secondary N) is 1. The molecule has 0 spiro atoms. The number of rotatable bonds is 5. The van der Waals surface area contributed by atoms with Gasteiger partial charge in [0.05, 0.1) is 16.2 Å². The number of nitro benzene ring substituents is 1. The Morgan fingerprint density at radius 1 is 1.07 bits per heavy atom. The number of aryl methyl sites for hydroxylation is 1. The van der Waals surface area contributed by atoms with Crippen LogP contribution in [0.3, 0.4) is 0 Å². The number of nitro groups is 1. The lowest BCUT2D eigenvalue weighted by Gasteiger charge is -2.07. The minimum absolute atomic E-state index is 0.0915. The van der Waals surface area contributed by atoms with E-state index in [0.29, 0.717) is 28.1 Å². The number of benzene rings is 2. The number of ketones is 2. The van der Waals surface area contributed by atoms with E-state index in [0.717, 1.165) is 4.47 Å². The summed E-state index contributed by atoms with van der Waals surface area (Å²) in [6, 6.07) is 12.8. The van der Waals surface area contributed by atoms with Crippen LogP contribution in [-0.2, 0) is 0 Å². The van der Waals surface area contributed by atoms with Crippen LogP contribution in [0.25, 0.3) is 11.3 Å². The van der Waals surface area contributed by atoms with Crippen LogP contribution in [0.15, 0.2) is 53.0 Å². The largest absolute Gasteiger partial charge is 0.357 e. The van der Waals surface area contributed by atoms with Crippen LogP contribution >= 0.6 is 15.9 Å². The lowest BCUT2D eigenvalue weighted by molar-refractivity contribution is -0.384. The number of nitrogens with zero attached hydrogens (tertiary/aromatic N) is 1. The summed E-state index contributed by atoms with van der Waals surface area (Å²) >= 11 is 3.33. The zero-order valence-corrected chi connectivity index (χ0v) is 16.2. The normalized spacial score (nSPS) is 10.6. The molecule has 0 amide bonds. The Labute approximate surface area is 163 Å². The highest BCUT2D eigenvalue weighted by atomic mass is 79.9. The molecule has 0 aliphatic heterocycles. The van der Waals surface area contributed by atoms with E-state index in [9.17, 15) is 19.7 Å². The smallest absolute Gasteiger partial charge is 0.270 e. The van der Waals surface area contributed by atoms with Crippen molar-refractivity contribution in [3.05, 3.63) is 85.5 Å². The Morgan fingerprint density at radius 2 is 1.74 bits per heavy atom. The molecule has 0 aliphatic carbocycles. The molecule has 0 saturated carbocycles. The van der Waals surface area contributed by atoms with Crippen LogP contribution in [0.2, 0.25) is 0 Å². The maximum Gasteiger partial charge on any atom is 0.270 e. The third-order valence-electron chi connectivity index (χ3n) is 4.22. The van der Waals surface area contributed by atoms with Crippen LogP contribution in [0, 0.1) is 17.0 Å². The van der Waals surface area contributed by atoms with Gasteiger partial charge in [-0.1, -0.05) is 28.1 Å². The molecule has 7 heteroatoms. The monoisotopic (exact) mass is 426 g/mol. The lowest BCUT2D eigenvalue weighted by Crippen LogP contribution is -2.08. The fraction of sp³-hybridized carbons (Fsp3) is 0.100. The molecule has 0 radical (unpaired) electrons. The van der Waals surface area contributed by atoms with E-state index in [1.54, 1.807) is 43.3 Å². The zero-order valence-electron chi connectivity index (χ0n) is 14.6. The Bertz CT molecular complexity index is 1070. The standard InChI is InChI=1S/C20H15BrN2O4/c1-11-17(12(2)24)18(20(25)13-6-8-15(21)9-7-13)19(22-11)14-4-3-5-16(10-14)23(26)27/h3-10,22H,1-2H3. The first kappa shape index (κ1) is 18.7. The van der Waals surface area contributed by atoms with Crippen LogP contribution < -0.4 is 0 Å². The van der Waals surface area contributed by atoms with E-state index in [1.165, 1.54) is 19.1 Å². The first-order valence-corrected chi connectivity index (χ1v) is 8.87. The van der Waals surface area contributed by atoms with Crippen molar-refractivity contribution < 1.29 is 14.5 Å². The fourth-order valence-corrected chi connectivity index (χ4v) is 3.29. The third kappa shape index (κ3) is 3.59. The van der Waals surface area contributed by atoms with E-state index < -0.39 is 4.92 Å².